The molecule has 2 heteroatoms. The molecule has 2 unspecified atom stereocenters. The molecule has 1 aromatic rings. The van der Waals surface area contributed by atoms with Gasteiger partial charge in [0, 0.05) is 0 Å². The summed E-state index contributed by atoms with van der Waals surface area (Å²) in [5, 5.41) is 2.79. The highest BCUT2D eigenvalue weighted by molar-refractivity contribution is 7.30. The van der Waals surface area contributed by atoms with Crippen molar-refractivity contribution in [3.8, 4) is 0 Å². The number of benzene rings is 1. The van der Waals surface area contributed by atoms with E-state index in [2.05, 4.69) is 57.7 Å². The van der Waals surface area contributed by atoms with Gasteiger partial charge in [-0.25, -0.2) is 0 Å². The fourth-order valence-corrected chi connectivity index (χ4v) is 7.11. The Morgan fingerprint density at radius 3 is 2.18 bits per heavy atom. The van der Waals surface area contributed by atoms with E-state index in [1.807, 2.05) is 6.07 Å². The highest BCUT2D eigenvalue weighted by Gasteiger charge is 2.37. The number of allylic oxidation sites excluding steroid dienone is 4. The van der Waals surface area contributed by atoms with Gasteiger partial charge in [0.1, 0.15) is 0 Å². The Morgan fingerprint density at radius 2 is 1.71 bits per heavy atom. The normalized spacial score (nSPS) is 23.6. The number of hydrogen-bond donors (Lipinski definition) is 0. The first kappa shape index (κ1) is 12.7. The van der Waals surface area contributed by atoms with Crippen LogP contribution in [0.15, 0.2) is 52.8 Å². The fourth-order valence-electron chi connectivity index (χ4n) is 2.82. The molecule has 0 aliphatic heterocycles. The molecular formula is C15H19ClSi. The molecule has 0 spiro atoms. The zero-order chi connectivity index (χ0) is 12.6. The van der Waals surface area contributed by atoms with Crippen molar-refractivity contribution >= 4 is 23.6 Å². The summed E-state index contributed by atoms with van der Waals surface area (Å²) in [6.07, 6.45) is 2.33. The van der Waals surface area contributed by atoms with Gasteiger partial charge in [0.05, 0.1) is 0 Å². The average Bonchev–Trinajstić information content (AvgIpc) is 2.54. The van der Waals surface area contributed by atoms with Crippen molar-refractivity contribution in [2.24, 2.45) is 5.92 Å². The lowest BCUT2D eigenvalue weighted by molar-refractivity contribution is 0.923. The Hall–Kier alpha value is -0.793. The van der Waals surface area contributed by atoms with Crippen LogP contribution in [0.5, 0.6) is 0 Å². The predicted octanol–water partition coefficient (Wildman–Crippen LogP) is 4.16. The topological polar surface area (TPSA) is 0 Å². The van der Waals surface area contributed by atoms with Crippen molar-refractivity contribution in [2.75, 3.05) is 0 Å². The van der Waals surface area contributed by atoms with Crippen LogP contribution in [0.25, 0.3) is 0 Å². The van der Waals surface area contributed by atoms with E-state index in [-0.39, 0.29) is 0 Å². The maximum atomic E-state index is 6.97. The summed E-state index contributed by atoms with van der Waals surface area (Å²) in [6.45, 7) is 8.89. The number of rotatable bonds is 2. The maximum absolute atomic E-state index is 6.97. The second-order valence-corrected chi connectivity index (χ2v) is 10.4. The standard InChI is InChI=1S/C15H19ClSi/c1-11-10-12(2)15(13(11)3)17(4,16)14-8-6-5-7-9-14/h5-10,12H,1-4H3. The van der Waals surface area contributed by atoms with E-state index in [9.17, 15) is 0 Å². The Bertz CT molecular complexity index is 483. The van der Waals surface area contributed by atoms with Crippen molar-refractivity contribution in [2.45, 2.75) is 27.3 Å². The molecule has 0 saturated heterocycles. The van der Waals surface area contributed by atoms with E-state index in [0.717, 1.165) is 0 Å². The van der Waals surface area contributed by atoms with Crippen LogP contribution in [-0.2, 0) is 0 Å². The molecule has 0 N–H and O–H groups in total. The minimum Gasteiger partial charge on any atom is -0.155 e. The Kier molecular flexibility index (Phi) is 3.33. The highest BCUT2D eigenvalue weighted by atomic mass is 35.6. The zero-order valence-corrected chi connectivity index (χ0v) is 12.7. The molecule has 0 radical (unpaired) electrons. The third-order valence-electron chi connectivity index (χ3n) is 3.77. The smallest absolute Gasteiger partial charge is 0.155 e. The van der Waals surface area contributed by atoms with Crippen molar-refractivity contribution in [1.29, 1.82) is 0 Å². The van der Waals surface area contributed by atoms with Crippen molar-refractivity contribution < 1.29 is 0 Å². The molecule has 0 heterocycles. The summed E-state index contributed by atoms with van der Waals surface area (Å²) in [6, 6.07) is 10.5. The first-order valence-corrected chi connectivity index (χ1v) is 9.60. The van der Waals surface area contributed by atoms with Crippen LogP contribution >= 0.6 is 11.1 Å². The molecule has 17 heavy (non-hydrogen) atoms. The molecule has 2 rings (SSSR count). The first-order chi connectivity index (χ1) is 7.94. The predicted molar refractivity (Wildman–Crippen MR) is 79.2 cm³/mol. The van der Waals surface area contributed by atoms with Crippen molar-refractivity contribution in [3.05, 3.63) is 52.8 Å². The first-order valence-electron chi connectivity index (χ1n) is 6.09. The molecule has 0 aromatic heterocycles. The lowest BCUT2D eigenvalue weighted by Gasteiger charge is -2.26. The SMILES string of the molecule is CC1=CC(C)C([Si](C)(Cl)c2ccccc2)=C1C. The Morgan fingerprint density at radius 1 is 1.12 bits per heavy atom. The largest absolute Gasteiger partial charge is 0.211 e. The van der Waals surface area contributed by atoms with Crippen LogP contribution in [0, 0.1) is 5.92 Å². The van der Waals surface area contributed by atoms with Crippen LogP contribution in [-0.4, -0.2) is 7.38 Å². The minimum atomic E-state index is -2.01. The van der Waals surface area contributed by atoms with Crippen LogP contribution in [0.3, 0.4) is 0 Å². The molecule has 0 saturated carbocycles. The highest BCUT2D eigenvalue weighted by Crippen LogP contribution is 2.38. The van der Waals surface area contributed by atoms with Gasteiger partial charge in [-0.2, -0.15) is 11.1 Å². The lowest BCUT2D eigenvalue weighted by Crippen LogP contribution is -2.43. The average molecular weight is 263 g/mol. The molecule has 0 bridgehead atoms. The molecule has 1 aliphatic rings. The van der Waals surface area contributed by atoms with Gasteiger partial charge in [0.15, 0.2) is 0 Å². The summed E-state index contributed by atoms with van der Waals surface area (Å²) in [7, 11) is -2.01. The van der Waals surface area contributed by atoms with Crippen LogP contribution in [0.1, 0.15) is 20.8 Å². The number of halogens is 1. The van der Waals surface area contributed by atoms with Gasteiger partial charge in [-0.1, -0.05) is 59.7 Å². The van der Waals surface area contributed by atoms with E-state index in [1.54, 1.807) is 0 Å². The van der Waals surface area contributed by atoms with Gasteiger partial charge in [0.2, 0.25) is 7.38 Å². The molecule has 0 fully saturated rings. The molecule has 2 atom stereocenters. The van der Waals surface area contributed by atoms with E-state index in [4.69, 9.17) is 11.1 Å². The maximum Gasteiger partial charge on any atom is 0.211 e. The van der Waals surface area contributed by atoms with Gasteiger partial charge in [-0.3, -0.25) is 0 Å². The molecule has 1 aliphatic carbocycles. The summed E-state index contributed by atoms with van der Waals surface area (Å²) in [4.78, 5) is 0. The molecule has 90 valence electrons. The third-order valence-corrected chi connectivity index (χ3v) is 8.30. The lowest BCUT2D eigenvalue weighted by atomic mass is 10.2. The van der Waals surface area contributed by atoms with Crippen LogP contribution in [0.2, 0.25) is 6.55 Å². The Labute approximate surface area is 110 Å². The van der Waals surface area contributed by atoms with E-state index in [0.29, 0.717) is 5.92 Å². The van der Waals surface area contributed by atoms with Crippen molar-refractivity contribution in [1.82, 2.24) is 0 Å². The number of hydrogen-bond acceptors (Lipinski definition) is 0. The van der Waals surface area contributed by atoms with Gasteiger partial charge in [0.25, 0.3) is 0 Å². The van der Waals surface area contributed by atoms with Gasteiger partial charge >= 0.3 is 0 Å². The zero-order valence-electron chi connectivity index (χ0n) is 10.9. The summed E-state index contributed by atoms with van der Waals surface area (Å²) >= 11 is 6.97. The molecule has 1 aromatic carbocycles. The van der Waals surface area contributed by atoms with Crippen molar-refractivity contribution in [3.63, 3.8) is 0 Å². The van der Waals surface area contributed by atoms with E-state index < -0.39 is 7.38 Å². The second kappa shape index (κ2) is 4.47. The van der Waals surface area contributed by atoms with Gasteiger partial charge in [-0.05, 0) is 31.5 Å². The summed E-state index contributed by atoms with van der Waals surface area (Å²) < 4.78 is 0. The van der Waals surface area contributed by atoms with E-state index in [1.165, 1.54) is 21.5 Å². The van der Waals surface area contributed by atoms with Crippen LogP contribution in [0.4, 0.5) is 0 Å². The quantitative estimate of drug-likeness (QED) is 0.555. The third kappa shape index (κ3) is 2.14. The van der Waals surface area contributed by atoms with Gasteiger partial charge < -0.3 is 0 Å². The molecular weight excluding hydrogens is 244 g/mol. The molecule has 0 amide bonds. The summed E-state index contributed by atoms with van der Waals surface area (Å²) in [5.41, 5.74) is 2.80. The second-order valence-electron chi connectivity index (χ2n) is 5.05. The summed E-state index contributed by atoms with van der Waals surface area (Å²) in [5.74, 6) is 0.490. The van der Waals surface area contributed by atoms with Crippen LogP contribution < -0.4 is 5.19 Å². The Balaban J connectivity index is 2.48. The monoisotopic (exact) mass is 262 g/mol. The van der Waals surface area contributed by atoms with Gasteiger partial charge in [-0.15, -0.1) is 0 Å². The van der Waals surface area contributed by atoms with E-state index >= 15 is 0 Å². The minimum absolute atomic E-state index is 0.490. The molecule has 0 nitrogen and oxygen atoms in total. The fraction of sp³-hybridized carbons (Fsp3) is 0.333.